The van der Waals surface area contributed by atoms with Crippen molar-refractivity contribution in [3.8, 4) is 5.75 Å². The Balaban J connectivity index is 1.48. The van der Waals surface area contributed by atoms with Gasteiger partial charge < -0.3 is 15.8 Å². The van der Waals surface area contributed by atoms with Crippen molar-refractivity contribution in [1.29, 1.82) is 0 Å². The SMILES string of the molecule is NC(=O)c1cc(COc2ccc3nc(Nc4cccc(Cl)c4)ncc3c2)ccn1. The summed E-state index contributed by atoms with van der Waals surface area (Å²) in [5.74, 6) is 0.565. The number of carbonyl (C=O) groups excluding carboxylic acids is 1. The molecule has 0 aliphatic rings. The van der Waals surface area contributed by atoms with Crippen molar-refractivity contribution in [2.45, 2.75) is 6.61 Å². The number of hydrogen-bond donors (Lipinski definition) is 2. The van der Waals surface area contributed by atoms with Crippen LogP contribution in [0.2, 0.25) is 5.02 Å². The fraction of sp³-hybridized carbons (Fsp3) is 0.0476. The lowest BCUT2D eigenvalue weighted by Crippen LogP contribution is -2.13. The van der Waals surface area contributed by atoms with Crippen LogP contribution >= 0.6 is 11.6 Å². The van der Waals surface area contributed by atoms with Gasteiger partial charge in [0, 0.05) is 28.5 Å². The van der Waals surface area contributed by atoms with Crippen molar-refractivity contribution < 1.29 is 9.53 Å². The summed E-state index contributed by atoms with van der Waals surface area (Å²) in [6.07, 6.45) is 3.25. The van der Waals surface area contributed by atoms with Crippen LogP contribution in [0.25, 0.3) is 10.9 Å². The number of halogens is 1. The summed E-state index contributed by atoms with van der Waals surface area (Å²) in [6, 6.07) is 16.3. The topological polar surface area (TPSA) is 103 Å². The second kappa shape index (κ2) is 8.12. The summed E-state index contributed by atoms with van der Waals surface area (Å²) in [7, 11) is 0. The van der Waals surface area contributed by atoms with Gasteiger partial charge in [-0.15, -0.1) is 0 Å². The smallest absolute Gasteiger partial charge is 0.267 e. The normalized spacial score (nSPS) is 10.7. The Morgan fingerprint density at radius 1 is 1.10 bits per heavy atom. The summed E-state index contributed by atoms with van der Waals surface area (Å²) in [6.45, 7) is 0.281. The van der Waals surface area contributed by atoms with Gasteiger partial charge in [-0.3, -0.25) is 9.78 Å². The van der Waals surface area contributed by atoms with E-state index in [1.165, 1.54) is 6.20 Å². The highest BCUT2D eigenvalue weighted by Crippen LogP contribution is 2.23. The number of fused-ring (bicyclic) bond motifs is 1. The number of carbonyl (C=O) groups is 1. The number of hydrogen-bond acceptors (Lipinski definition) is 6. The Labute approximate surface area is 171 Å². The number of rotatable bonds is 6. The number of benzene rings is 2. The van der Waals surface area contributed by atoms with Crippen LogP contribution in [-0.4, -0.2) is 20.9 Å². The van der Waals surface area contributed by atoms with E-state index in [2.05, 4.69) is 20.3 Å². The molecule has 2 aromatic carbocycles. The first-order chi connectivity index (χ1) is 14.1. The molecule has 29 heavy (non-hydrogen) atoms. The van der Waals surface area contributed by atoms with Gasteiger partial charge in [0.25, 0.3) is 5.91 Å². The molecule has 144 valence electrons. The molecule has 0 bridgehead atoms. The van der Waals surface area contributed by atoms with Gasteiger partial charge in [0.05, 0.1) is 5.52 Å². The molecule has 0 radical (unpaired) electrons. The molecule has 0 fully saturated rings. The average molecular weight is 406 g/mol. The lowest BCUT2D eigenvalue weighted by molar-refractivity contribution is 0.0995. The number of nitrogens with zero attached hydrogens (tertiary/aromatic N) is 3. The molecule has 0 atom stereocenters. The molecule has 0 unspecified atom stereocenters. The van der Waals surface area contributed by atoms with Gasteiger partial charge in [-0.2, -0.15) is 0 Å². The predicted molar refractivity (Wildman–Crippen MR) is 111 cm³/mol. The van der Waals surface area contributed by atoms with Crippen molar-refractivity contribution in [2.24, 2.45) is 5.73 Å². The lowest BCUT2D eigenvalue weighted by atomic mass is 10.2. The minimum absolute atomic E-state index is 0.206. The van der Waals surface area contributed by atoms with Crippen LogP contribution in [0.4, 0.5) is 11.6 Å². The van der Waals surface area contributed by atoms with Crippen LogP contribution < -0.4 is 15.8 Å². The number of ether oxygens (including phenoxy) is 1. The van der Waals surface area contributed by atoms with E-state index in [4.69, 9.17) is 22.1 Å². The van der Waals surface area contributed by atoms with E-state index in [1.807, 2.05) is 30.3 Å². The number of nitrogens with two attached hydrogens (primary N) is 1. The molecule has 4 aromatic rings. The zero-order valence-corrected chi connectivity index (χ0v) is 15.9. The summed E-state index contributed by atoms with van der Waals surface area (Å²) in [5.41, 5.74) is 7.84. The maximum absolute atomic E-state index is 11.2. The first kappa shape index (κ1) is 18.6. The third-order valence-corrected chi connectivity index (χ3v) is 4.35. The largest absolute Gasteiger partial charge is 0.489 e. The number of anilines is 2. The highest BCUT2D eigenvalue weighted by atomic mass is 35.5. The minimum Gasteiger partial charge on any atom is -0.489 e. The Morgan fingerprint density at radius 3 is 2.83 bits per heavy atom. The van der Waals surface area contributed by atoms with Gasteiger partial charge in [0.1, 0.15) is 18.1 Å². The summed E-state index contributed by atoms with van der Waals surface area (Å²) >= 11 is 6.00. The lowest BCUT2D eigenvalue weighted by Gasteiger charge is -2.09. The maximum atomic E-state index is 11.2. The van der Waals surface area contributed by atoms with Crippen molar-refractivity contribution in [2.75, 3.05) is 5.32 Å². The van der Waals surface area contributed by atoms with Crippen LogP contribution in [0.1, 0.15) is 16.1 Å². The average Bonchev–Trinajstić information content (AvgIpc) is 2.72. The Bertz CT molecular complexity index is 1200. The predicted octanol–water partition coefficient (Wildman–Crippen LogP) is 4.10. The van der Waals surface area contributed by atoms with Gasteiger partial charge in [-0.25, -0.2) is 9.97 Å². The second-order valence-corrected chi connectivity index (χ2v) is 6.69. The fourth-order valence-electron chi connectivity index (χ4n) is 2.72. The van der Waals surface area contributed by atoms with Gasteiger partial charge in [0.2, 0.25) is 5.95 Å². The minimum atomic E-state index is -0.572. The van der Waals surface area contributed by atoms with Gasteiger partial charge in [-0.05, 0) is 54.1 Å². The van der Waals surface area contributed by atoms with Crippen LogP contribution in [0.5, 0.6) is 5.75 Å². The maximum Gasteiger partial charge on any atom is 0.267 e. The first-order valence-electron chi connectivity index (χ1n) is 8.74. The Kier molecular flexibility index (Phi) is 5.22. The Hall–Kier alpha value is -3.71. The molecule has 0 saturated carbocycles. The number of aromatic nitrogens is 3. The van der Waals surface area contributed by atoms with Crippen molar-refractivity contribution in [3.05, 3.63) is 83.3 Å². The van der Waals surface area contributed by atoms with E-state index in [1.54, 1.807) is 30.5 Å². The molecular formula is C21H16ClN5O2. The molecule has 7 nitrogen and oxygen atoms in total. The third-order valence-electron chi connectivity index (χ3n) is 4.11. The molecule has 0 spiro atoms. The van der Waals surface area contributed by atoms with Crippen molar-refractivity contribution in [1.82, 2.24) is 15.0 Å². The highest BCUT2D eigenvalue weighted by molar-refractivity contribution is 6.30. The fourth-order valence-corrected chi connectivity index (χ4v) is 2.91. The molecular weight excluding hydrogens is 390 g/mol. The molecule has 2 heterocycles. The van der Waals surface area contributed by atoms with E-state index in [9.17, 15) is 4.79 Å². The van der Waals surface area contributed by atoms with E-state index in [0.717, 1.165) is 22.2 Å². The van der Waals surface area contributed by atoms with Crippen molar-refractivity contribution >= 4 is 40.0 Å². The summed E-state index contributed by atoms with van der Waals surface area (Å²) in [4.78, 5) is 24.0. The monoisotopic (exact) mass is 405 g/mol. The van der Waals surface area contributed by atoms with Crippen LogP contribution in [0, 0.1) is 0 Å². The number of nitrogens with one attached hydrogen (secondary N) is 1. The molecule has 2 aromatic heterocycles. The van der Waals surface area contributed by atoms with E-state index >= 15 is 0 Å². The van der Waals surface area contributed by atoms with E-state index in [0.29, 0.717) is 16.7 Å². The number of pyridine rings is 1. The third kappa shape index (κ3) is 4.59. The standard InChI is InChI=1S/C21H16ClN5O2/c22-15-2-1-3-16(10-15)26-21-25-11-14-9-17(4-5-18(14)27-21)29-12-13-6-7-24-19(8-13)20(23)28/h1-11H,12H2,(H2,23,28)(H,25,26,27). The molecule has 1 amide bonds. The molecule has 0 aliphatic heterocycles. The van der Waals surface area contributed by atoms with Crippen LogP contribution in [-0.2, 0) is 6.61 Å². The van der Waals surface area contributed by atoms with Gasteiger partial charge >= 0.3 is 0 Å². The molecule has 4 rings (SSSR count). The molecule has 8 heteroatoms. The van der Waals surface area contributed by atoms with Gasteiger partial charge in [0.15, 0.2) is 0 Å². The zero-order valence-electron chi connectivity index (χ0n) is 15.2. The van der Waals surface area contributed by atoms with E-state index in [-0.39, 0.29) is 12.3 Å². The zero-order chi connectivity index (χ0) is 20.2. The quantitative estimate of drug-likeness (QED) is 0.500. The van der Waals surface area contributed by atoms with Crippen molar-refractivity contribution in [3.63, 3.8) is 0 Å². The summed E-state index contributed by atoms with van der Waals surface area (Å²) in [5, 5.41) is 4.60. The molecule has 0 aliphatic carbocycles. The van der Waals surface area contributed by atoms with Crippen LogP contribution in [0.3, 0.4) is 0 Å². The number of primary amides is 1. The second-order valence-electron chi connectivity index (χ2n) is 6.25. The van der Waals surface area contributed by atoms with Crippen LogP contribution in [0.15, 0.2) is 67.0 Å². The van der Waals surface area contributed by atoms with E-state index < -0.39 is 5.91 Å². The molecule has 0 saturated heterocycles. The van der Waals surface area contributed by atoms with Gasteiger partial charge in [-0.1, -0.05) is 17.7 Å². The first-order valence-corrected chi connectivity index (χ1v) is 9.11. The highest BCUT2D eigenvalue weighted by Gasteiger charge is 2.06. The Morgan fingerprint density at radius 2 is 2.00 bits per heavy atom. The number of amides is 1. The summed E-state index contributed by atoms with van der Waals surface area (Å²) < 4.78 is 5.81. The molecule has 3 N–H and O–H groups in total.